The number of hydrogen-bond acceptors (Lipinski definition) is 5. The van der Waals surface area contributed by atoms with Crippen LogP contribution in [0.3, 0.4) is 0 Å². The highest BCUT2D eigenvalue weighted by atomic mass is 31.2. The maximum absolute atomic E-state index is 10.3. The Hall–Kier alpha value is -0.0100. The molecule has 1 aliphatic heterocycles. The zero-order valence-electron chi connectivity index (χ0n) is 7.57. The van der Waals surface area contributed by atoms with E-state index in [4.69, 9.17) is 19.3 Å². The molecule has 7 nitrogen and oxygen atoms in total. The standard InChI is InChI=1S/C6H13O7P/c1-11-6-2-4(7)5(13-6)3-12-14(8,9)10/h4-7H,2-3H2,1H3,(H2,8,9,10)/t4-,5+,6?/m0/s1. The van der Waals surface area contributed by atoms with Crippen molar-refractivity contribution in [1.29, 1.82) is 0 Å². The highest BCUT2D eigenvalue weighted by Gasteiger charge is 2.35. The summed E-state index contributed by atoms with van der Waals surface area (Å²) in [6.07, 6.45) is -1.86. The van der Waals surface area contributed by atoms with E-state index in [2.05, 4.69) is 4.52 Å². The van der Waals surface area contributed by atoms with Gasteiger partial charge in [-0.3, -0.25) is 4.52 Å². The molecule has 0 aromatic carbocycles. The number of aliphatic hydroxyl groups is 1. The average molecular weight is 228 g/mol. The van der Waals surface area contributed by atoms with Crippen molar-refractivity contribution >= 4 is 7.82 Å². The lowest BCUT2D eigenvalue weighted by Gasteiger charge is -2.14. The molecular formula is C6H13O7P. The zero-order valence-corrected chi connectivity index (χ0v) is 8.46. The first-order valence-corrected chi connectivity index (χ1v) is 5.52. The Morgan fingerprint density at radius 1 is 1.57 bits per heavy atom. The minimum Gasteiger partial charge on any atom is -0.390 e. The monoisotopic (exact) mass is 228 g/mol. The third kappa shape index (κ3) is 3.62. The maximum atomic E-state index is 10.3. The number of hydrogen-bond donors (Lipinski definition) is 3. The summed E-state index contributed by atoms with van der Waals surface area (Å²) in [6, 6.07) is 0. The summed E-state index contributed by atoms with van der Waals surface area (Å²) in [5, 5.41) is 9.35. The number of phosphoric acid groups is 1. The number of aliphatic hydroxyl groups excluding tert-OH is 1. The second-order valence-corrected chi connectivity index (χ2v) is 4.17. The summed E-state index contributed by atoms with van der Waals surface area (Å²) in [5.74, 6) is 0. The van der Waals surface area contributed by atoms with E-state index in [0.717, 1.165) is 0 Å². The van der Waals surface area contributed by atoms with Crippen LogP contribution in [-0.2, 0) is 18.6 Å². The van der Waals surface area contributed by atoms with E-state index in [1.165, 1.54) is 7.11 Å². The van der Waals surface area contributed by atoms with Gasteiger partial charge in [0.2, 0.25) is 0 Å². The van der Waals surface area contributed by atoms with Crippen molar-refractivity contribution in [3.63, 3.8) is 0 Å². The van der Waals surface area contributed by atoms with Gasteiger partial charge in [-0.25, -0.2) is 4.57 Å². The fourth-order valence-electron chi connectivity index (χ4n) is 1.16. The van der Waals surface area contributed by atoms with Crippen molar-refractivity contribution in [2.45, 2.75) is 24.9 Å². The summed E-state index contributed by atoms with van der Waals surface area (Å²) in [7, 11) is -3.08. The molecule has 1 aliphatic rings. The summed E-state index contributed by atoms with van der Waals surface area (Å²) in [6.45, 7) is -0.356. The molecule has 0 bridgehead atoms. The lowest BCUT2D eigenvalue weighted by molar-refractivity contribution is -0.126. The summed E-state index contributed by atoms with van der Waals surface area (Å²) < 4.78 is 24.4. The second-order valence-electron chi connectivity index (χ2n) is 2.93. The number of rotatable bonds is 4. The van der Waals surface area contributed by atoms with Crippen molar-refractivity contribution < 1.29 is 33.5 Å². The first-order valence-electron chi connectivity index (χ1n) is 3.99. The first kappa shape index (κ1) is 12.1. The number of phosphoric ester groups is 1. The lowest BCUT2D eigenvalue weighted by atomic mass is 10.2. The maximum Gasteiger partial charge on any atom is 0.469 e. The molecule has 14 heavy (non-hydrogen) atoms. The van der Waals surface area contributed by atoms with Gasteiger partial charge in [0.15, 0.2) is 6.29 Å². The van der Waals surface area contributed by atoms with Crippen molar-refractivity contribution in [2.24, 2.45) is 0 Å². The molecule has 1 heterocycles. The van der Waals surface area contributed by atoms with E-state index in [1.807, 2.05) is 0 Å². The van der Waals surface area contributed by atoms with Crippen molar-refractivity contribution in [3.8, 4) is 0 Å². The van der Waals surface area contributed by atoms with Gasteiger partial charge >= 0.3 is 7.82 Å². The molecule has 1 rings (SSSR count). The predicted octanol–water partition coefficient (Wildman–Crippen LogP) is -0.782. The highest BCUT2D eigenvalue weighted by molar-refractivity contribution is 7.46. The van der Waals surface area contributed by atoms with E-state index in [0.29, 0.717) is 0 Å². The molecule has 0 spiro atoms. The van der Waals surface area contributed by atoms with Crippen LogP contribution in [0, 0.1) is 0 Å². The topological polar surface area (TPSA) is 105 Å². The summed E-state index contributed by atoms with van der Waals surface area (Å²) in [5.41, 5.74) is 0. The molecular weight excluding hydrogens is 215 g/mol. The molecule has 3 atom stereocenters. The number of ether oxygens (including phenoxy) is 2. The van der Waals surface area contributed by atoms with Gasteiger partial charge in [0, 0.05) is 13.5 Å². The summed E-state index contributed by atoms with van der Waals surface area (Å²) in [4.78, 5) is 16.8. The molecule has 0 radical (unpaired) electrons. The smallest absolute Gasteiger partial charge is 0.390 e. The predicted molar refractivity (Wildman–Crippen MR) is 44.3 cm³/mol. The van der Waals surface area contributed by atoms with E-state index >= 15 is 0 Å². The van der Waals surface area contributed by atoms with Gasteiger partial charge in [0.05, 0.1) is 12.7 Å². The molecule has 3 N–H and O–H groups in total. The molecule has 1 fully saturated rings. The molecule has 84 valence electrons. The quantitative estimate of drug-likeness (QED) is 0.542. The molecule has 0 aromatic heterocycles. The van der Waals surface area contributed by atoms with E-state index in [-0.39, 0.29) is 13.0 Å². The SMILES string of the molecule is COC1C[C@H](O)[C@@H](COP(=O)(O)O)O1. The fraction of sp³-hybridized carbons (Fsp3) is 1.00. The third-order valence-corrected chi connectivity index (χ3v) is 2.34. The van der Waals surface area contributed by atoms with Crippen LogP contribution in [0.2, 0.25) is 0 Å². The lowest BCUT2D eigenvalue weighted by Crippen LogP contribution is -2.26. The Kier molecular flexibility index (Phi) is 4.03. The first-order chi connectivity index (χ1) is 6.42. The average Bonchev–Trinajstić information content (AvgIpc) is 2.42. The van der Waals surface area contributed by atoms with Gasteiger partial charge in [0.1, 0.15) is 6.10 Å². The van der Waals surface area contributed by atoms with Crippen LogP contribution < -0.4 is 0 Å². The van der Waals surface area contributed by atoms with Gasteiger partial charge in [-0.15, -0.1) is 0 Å². The van der Waals surface area contributed by atoms with E-state index in [9.17, 15) is 9.67 Å². The summed E-state index contributed by atoms with van der Waals surface area (Å²) >= 11 is 0. The van der Waals surface area contributed by atoms with Crippen molar-refractivity contribution in [3.05, 3.63) is 0 Å². The Morgan fingerprint density at radius 3 is 2.64 bits per heavy atom. The molecule has 0 aliphatic carbocycles. The molecule has 0 amide bonds. The Labute approximate surface area is 80.8 Å². The van der Waals surface area contributed by atoms with Gasteiger partial charge < -0.3 is 24.4 Å². The van der Waals surface area contributed by atoms with E-state index in [1.54, 1.807) is 0 Å². The van der Waals surface area contributed by atoms with Crippen LogP contribution in [0.1, 0.15) is 6.42 Å². The molecule has 1 unspecified atom stereocenters. The van der Waals surface area contributed by atoms with Crippen LogP contribution in [0.4, 0.5) is 0 Å². The van der Waals surface area contributed by atoms with Crippen molar-refractivity contribution in [1.82, 2.24) is 0 Å². The van der Waals surface area contributed by atoms with Crippen LogP contribution >= 0.6 is 7.82 Å². The van der Waals surface area contributed by atoms with Crippen molar-refractivity contribution in [2.75, 3.05) is 13.7 Å². The minimum absolute atomic E-state index is 0.270. The van der Waals surface area contributed by atoms with Gasteiger partial charge in [0.25, 0.3) is 0 Å². The second kappa shape index (κ2) is 4.67. The van der Waals surface area contributed by atoms with Gasteiger partial charge in [-0.05, 0) is 0 Å². The highest BCUT2D eigenvalue weighted by Crippen LogP contribution is 2.37. The third-order valence-electron chi connectivity index (χ3n) is 1.86. The van der Waals surface area contributed by atoms with Gasteiger partial charge in [-0.1, -0.05) is 0 Å². The fourth-order valence-corrected chi connectivity index (χ4v) is 1.50. The largest absolute Gasteiger partial charge is 0.469 e. The normalized spacial score (nSPS) is 33.6. The van der Waals surface area contributed by atoms with Crippen LogP contribution in [-0.4, -0.2) is 47.1 Å². The molecule has 1 saturated heterocycles. The Bertz CT molecular complexity index is 226. The number of methoxy groups -OCH3 is 1. The van der Waals surface area contributed by atoms with Crippen LogP contribution in [0.15, 0.2) is 0 Å². The minimum atomic E-state index is -4.50. The van der Waals surface area contributed by atoms with Gasteiger partial charge in [-0.2, -0.15) is 0 Å². The molecule has 8 heteroatoms. The van der Waals surface area contributed by atoms with E-state index < -0.39 is 26.3 Å². The van der Waals surface area contributed by atoms with Crippen LogP contribution in [0.25, 0.3) is 0 Å². The van der Waals surface area contributed by atoms with Crippen LogP contribution in [0.5, 0.6) is 0 Å². The Morgan fingerprint density at radius 2 is 2.21 bits per heavy atom. The zero-order chi connectivity index (χ0) is 10.8. The Balaban J connectivity index is 2.35. The molecule has 0 saturated carbocycles. The molecule has 0 aromatic rings.